The minimum absolute atomic E-state index is 0.0567. The third kappa shape index (κ3) is 3.67. The van der Waals surface area contributed by atoms with E-state index in [0.29, 0.717) is 5.56 Å². The van der Waals surface area contributed by atoms with Crippen molar-refractivity contribution in [2.75, 3.05) is 0 Å². The van der Waals surface area contributed by atoms with E-state index >= 15 is 0 Å². The first kappa shape index (κ1) is 11.7. The second kappa shape index (κ2) is 4.40. The minimum Gasteiger partial charge on any atom is -0.366 e. The molecule has 0 bridgehead atoms. The molecule has 5 nitrogen and oxygen atoms in total. The zero-order valence-electron chi connectivity index (χ0n) is 7.70. The topological polar surface area (TPSA) is 101 Å². The molecular weight excluding hydrogens is 217 g/mol. The molecule has 0 aliphatic carbocycles. The van der Waals surface area contributed by atoms with Crippen LogP contribution in [0.3, 0.4) is 0 Å². The van der Waals surface area contributed by atoms with Crippen LogP contribution >= 0.6 is 7.60 Å². The number of primary amides is 1. The summed E-state index contributed by atoms with van der Waals surface area (Å²) in [5.74, 6) is -0.575. The molecule has 4 N–H and O–H groups in total. The average Bonchev–Trinajstić information content (AvgIpc) is 2.14. The van der Waals surface area contributed by atoms with Gasteiger partial charge in [-0.1, -0.05) is 12.1 Å². The summed E-state index contributed by atoms with van der Waals surface area (Å²) in [6, 6.07) is 5.60. The van der Waals surface area contributed by atoms with Gasteiger partial charge >= 0.3 is 7.60 Å². The van der Waals surface area contributed by atoms with Crippen LogP contribution in [0.5, 0.6) is 0 Å². The molecule has 6 heteroatoms. The first-order valence-electron chi connectivity index (χ1n) is 4.03. The van der Waals surface area contributed by atoms with Crippen molar-refractivity contribution in [1.29, 1.82) is 0 Å². The Kier molecular flexibility index (Phi) is 3.42. The molecule has 0 atom stereocenters. The highest BCUT2D eigenvalue weighted by Crippen LogP contribution is 2.32. The van der Waals surface area contributed by atoms with Crippen LogP contribution in [0.4, 0.5) is 0 Å². The van der Waals surface area contributed by atoms with Crippen LogP contribution < -0.4 is 11.0 Å². The van der Waals surface area contributed by atoms with Crippen LogP contribution in [0.15, 0.2) is 30.3 Å². The Bertz CT molecular complexity index is 432. The molecule has 1 aromatic carbocycles. The molecule has 0 radical (unpaired) electrons. The molecule has 15 heavy (non-hydrogen) atoms. The number of amides is 1. The Hall–Kier alpha value is -1.42. The highest BCUT2D eigenvalue weighted by atomic mass is 31.2. The predicted molar refractivity (Wildman–Crippen MR) is 56.3 cm³/mol. The summed E-state index contributed by atoms with van der Waals surface area (Å²) >= 11 is 0. The van der Waals surface area contributed by atoms with E-state index in [4.69, 9.17) is 15.5 Å². The van der Waals surface area contributed by atoms with Gasteiger partial charge in [-0.05, 0) is 23.8 Å². The predicted octanol–water partition coefficient (Wildman–Crippen LogP) is -0.0119. The molecule has 0 heterocycles. The SMILES string of the molecule is NC(=O)C=Cc1ccc(P(=O)(O)O)cc1. The molecule has 80 valence electrons. The maximum absolute atomic E-state index is 10.8. The summed E-state index contributed by atoms with van der Waals surface area (Å²) < 4.78 is 10.8. The first-order chi connectivity index (χ1) is 6.89. The van der Waals surface area contributed by atoms with Crippen molar-refractivity contribution in [3.8, 4) is 0 Å². The number of rotatable bonds is 3. The van der Waals surface area contributed by atoms with Crippen LogP contribution in [0.25, 0.3) is 6.08 Å². The number of hydrogen-bond acceptors (Lipinski definition) is 2. The van der Waals surface area contributed by atoms with Gasteiger partial charge in [-0.3, -0.25) is 9.36 Å². The largest absolute Gasteiger partial charge is 0.366 e. The quantitative estimate of drug-likeness (QED) is 0.499. The lowest BCUT2D eigenvalue weighted by atomic mass is 10.2. The second-order valence-electron chi connectivity index (χ2n) is 2.87. The monoisotopic (exact) mass is 227 g/mol. The summed E-state index contributed by atoms with van der Waals surface area (Å²) in [7, 11) is -4.19. The lowest BCUT2D eigenvalue weighted by molar-refractivity contribution is -0.113. The number of hydrogen-bond donors (Lipinski definition) is 3. The van der Waals surface area contributed by atoms with Crippen LogP contribution in [0.1, 0.15) is 5.56 Å². The van der Waals surface area contributed by atoms with Crippen molar-refractivity contribution in [3.63, 3.8) is 0 Å². The number of carbonyl (C=O) groups is 1. The van der Waals surface area contributed by atoms with E-state index in [1.54, 1.807) is 0 Å². The molecule has 0 fully saturated rings. The van der Waals surface area contributed by atoms with Gasteiger partial charge in [-0.25, -0.2) is 0 Å². The summed E-state index contributed by atoms with van der Waals surface area (Å²) in [5, 5.41) is -0.0567. The zero-order chi connectivity index (χ0) is 11.5. The second-order valence-corrected chi connectivity index (χ2v) is 4.48. The Morgan fingerprint density at radius 2 is 1.80 bits per heavy atom. The van der Waals surface area contributed by atoms with Crippen molar-refractivity contribution in [1.82, 2.24) is 0 Å². The van der Waals surface area contributed by atoms with Gasteiger partial charge in [0.25, 0.3) is 0 Å². The van der Waals surface area contributed by atoms with Gasteiger partial charge in [-0.2, -0.15) is 0 Å². The summed E-state index contributed by atoms with van der Waals surface area (Å²) in [6.45, 7) is 0. The van der Waals surface area contributed by atoms with E-state index in [0.717, 1.165) is 0 Å². The molecule has 0 aliphatic rings. The van der Waals surface area contributed by atoms with Gasteiger partial charge in [0, 0.05) is 6.08 Å². The van der Waals surface area contributed by atoms with Crippen LogP contribution in [0.2, 0.25) is 0 Å². The van der Waals surface area contributed by atoms with Gasteiger partial charge in [0.1, 0.15) is 0 Å². The van der Waals surface area contributed by atoms with Crippen molar-refractivity contribution in [3.05, 3.63) is 35.9 Å². The Balaban J connectivity index is 2.91. The summed E-state index contributed by atoms with van der Waals surface area (Å²) in [5.41, 5.74) is 5.53. The van der Waals surface area contributed by atoms with Gasteiger partial charge in [-0.15, -0.1) is 0 Å². The lowest BCUT2D eigenvalue weighted by Gasteiger charge is -2.03. The first-order valence-corrected chi connectivity index (χ1v) is 5.64. The number of carbonyl (C=O) groups excluding carboxylic acids is 1. The summed E-state index contributed by atoms with van der Waals surface area (Å²) in [4.78, 5) is 28.0. The number of benzene rings is 1. The Morgan fingerprint density at radius 3 is 2.20 bits per heavy atom. The molecule has 0 saturated heterocycles. The molecule has 1 amide bonds. The Morgan fingerprint density at radius 1 is 1.27 bits per heavy atom. The highest BCUT2D eigenvalue weighted by Gasteiger charge is 2.15. The molecule has 1 aromatic rings. The molecule has 0 unspecified atom stereocenters. The zero-order valence-corrected chi connectivity index (χ0v) is 8.59. The van der Waals surface area contributed by atoms with E-state index in [1.807, 2.05) is 0 Å². The summed E-state index contributed by atoms with van der Waals surface area (Å²) in [6.07, 6.45) is 2.64. The van der Waals surface area contributed by atoms with Crippen molar-refractivity contribution in [2.24, 2.45) is 5.73 Å². The third-order valence-electron chi connectivity index (χ3n) is 1.67. The van der Waals surface area contributed by atoms with Gasteiger partial charge < -0.3 is 15.5 Å². The fourth-order valence-electron chi connectivity index (χ4n) is 0.958. The van der Waals surface area contributed by atoms with E-state index in [1.165, 1.54) is 36.4 Å². The van der Waals surface area contributed by atoms with Crippen LogP contribution in [0, 0.1) is 0 Å². The molecular formula is C9H10NO4P. The maximum Gasteiger partial charge on any atom is 0.356 e. The smallest absolute Gasteiger partial charge is 0.356 e. The fourth-order valence-corrected chi connectivity index (χ4v) is 1.50. The normalized spacial score (nSPS) is 11.9. The lowest BCUT2D eigenvalue weighted by Crippen LogP contribution is -2.05. The Labute approximate surface area is 86.4 Å². The molecule has 1 rings (SSSR count). The number of nitrogens with two attached hydrogens (primary N) is 1. The van der Waals surface area contributed by atoms with Crippen molar-refractivity contribution in [2.45, 2.75) is 0 Å². The van der Waals surface area contributed by atoms with Gasteiger partial charge in [0.15, 0.2) is 0 Å². The fraction of sp³-hybridized carbons (Fsp3) is 0. The standard InChI is InChI=1S/C9H10NO4P/c10-9(11)6-3-7-1-4-8(5-2-7)15(12,13)14/h1-6H,(H2,10,11)(H2,12,13,14). The van der Waals surface area contributed by atoms with E-state index in [-0.39, 0.29) is 5.30 Å². The van der Waals surface area contributed by atoms with Gasteiger partial charge in [0.2, 0.25) is 5.91 Å². The molecule has 0 aliphatic heterocycles. The molecule has 0 saturated carbocycles. The van der Waals surface area contributed by atoms with Crippen LogP contribution in [-0.2, 0) is 9.36 Å². The molecule has 0 spiro atoms. The van der Waals surface area contributed by atoms with E-state index in [9.17, 15) is 9.36 Å². The average molecular weight is 227 g/mol. The minimum atomic E-state index is -4.19. The maximum atomic E-state index is 10.8. The van der Waals surface area contributed by atoms with Crippen molar-refractivity contribution < 1.29 is 19.1 Å². The van der Waals surface area contributed by atoms with E-state index in [2.05, 4.69) is 0 Å². The molecule has 0 aromatic heterocycles. The highest BCUT2D eigenvalue weighted by molar-refractivity contribution is 7.60. The van der Waals surface area contributed by atoms with Gasteiger partial charge in [0.05, 0.1) is 5.30 Å². The van der Waals surface area contributed by atoms with Crippen LogP contribution in [-0.4, -0.2) is 15.7 Å². The van der Waals surface area contributed by atoms with Crippen molar-refractivity contribution >= 4 is 24.9 Å². The van der Waals surface area contributed by atoms with E-state index < -0.39 is 13.5 Å². The third-order valence-corrected chi connectivity index (χ3v) is 2.64.